The average molecular weight is 443 g/mol. The molecule has 4 rings (SSSR count). The number of nitrogens with one attached hydrogen (secondary N) is 1. The van der Waals surface area contributed by atoms with Crippen LogP contribution in [0, 0.1) is 0 Å². The van der Waals surface area contributed by atoms with Crippen molar-refractivity contribution in [3.8, 4) is 0 Å². The molecular formula is C25H38N4O3. The van der Waals surface area contributed by atoms with Crippen LogP contribution >= 0.6 is 0 Å². The van der Waals surface area contributed by atoms with Gasteiger partial charge in [-0.25, -0.2) is 4.79 Å². The van der Waals surface area contributed by atoms with E-state index in [0.29, 0.717) is 32.2 Å². The molecule has 0 bridgehead atoms. The fourth-order valence-electron chi connectivity index (χ4n) is 5.45. The molecule has 3 aliphatic heterocycles. The number of anilines is 1. The summed E-state index contributed by atoms with van der Waals surface area (Å²) in [6.45, 7) is 9.29. The molecule has 3 saturated heterocycles. The van der Waals surface area contributed by atoms with Gasteiger partial charge < -0.3 is 19.9 Å². The van der Waals surface area contributed by atoms with Gasteiger partial charge in [0.25, 0.3) is 0 Å². The smallest absolute Gasteiger partial charge is 0.409 e. The number of nitrogens with zero attached hydrogens (tertiary/aromatic N) is 3. The zero-order valence-electron chi connectivity index (χ0n) is 19.6. The molecule has 0 spiro atoms. The lowest BCUT2D eigenvalue weighted by Crippen LogP contribution is -2.47. The number of piperidine rings is 1. The summed E-state index contributed by atoms with van der Waals surface area (Å²) in [6.07, 6.45) is 5.59. The van der Waals surface area contributed by atoms with Gasteiger partial charge in [-0.2, -0.15) is 0 Å². The molecule has 2 atom stereocenters. The molecule has 1 N–H and O–H groups in total. The number of amides is 2. The summed E-state index contributed by atoms with van der Waals surface area (Å²) in [6, 6.07) is 10.0. The molecule has 7 heteroatoms. The van der Waals surface area contributed by atoms with Gasteiger partial charge in [-0.05, 0) is 70.2 Å². The summed E-state index contributed by atoms with van der Waals surface area (Å²) in [7, 11) is 0. The van der Waals surface area contributed by atoms with Crippen molar-refractivity contribution in [1.82, 2.24) is 15.1 Å². The molecular weight excluding hydrogens is 404 g/mol. The maximum absolute atomic E-state index is 12.5. The first kappa shape index (κ1) is 22.9. The lowest BCUT2D eigenvalue weighted by Gasteiger charge is -2.31. The molecule has 0 radical (unpaired) electrons. The summed E-state index contributed by atoms with van der Waals surface area (Å²) in [5.41, 5.74) is 2.30. The Kier molecular flexibility index (Phi) is 7.55. The maximum Gasteiger partial charge on any atom is 0.409 e. The number of benzene rings is 1. The van der Waals surface area contributed by atoms with Crippen molar-refractivity contribution in [3.05, 3.63) is 29.8 Å². The molecule has 2 amide bonds. The summed E-state index contributed by atoms with van der Waals surface area (Å²) < 4.78 is 5.05. The number of hydrogen-bond acceptors (Lipinski definition) is 5. The summed E-state index contributed by atoms with van der Waals surface area (Å²) in [4.78, 5) is 31.2. The van der Waals surface area contributed by atoms with E-state index in [4.69, 9.17) is 4.74 Å². The second-order valence-corrected chi connectivity index (χ2v) is 9.49. The van der Waals surface area contributed by atoms with E-state index in [-0.39, 0.29) is 18.0 Å². The van der Waals surface area contributed by atoms with Gasteiger partial charge in [0.1, 0.15) is 0 Å². The Morgan fingerprint density at radius 3 is 2.44 bits per heavy atom. The molecule has 0 aromatic heterocycles. The van der Waals surface area contributed by atoms with E-state index >= 15 is 0 Å². The van der Waals surface area contributed by atoms with Crippen molar-refractivity contribution in [2.75, 3.05) is 44.2 Å². The van der Waals surface area contributed by atoms with Crippen LogP contribution in [0.3, 0.4) is 0 Å². The predicted octanol–water partition coefficient (Wildman–Crippen LogP) is 3.03. The largest absolute Gasteiger partial charge is 0.450 e. The third-order valence-corrected chi connectivity index (χ3v) is 7.29. The van der Waals surface area contributed by atoms with E-state index in [0.717, 1.165) is 37.5 Å². The van der Waals surface area contributed by atoms with E-state index in [1.54, 1.807) is 4.90 Å². The van der Waals surface area contributed by atoms with Gasteiger partial charge in [-0.15, -0.1) is 0 Å². The van der Waals surface area contributed by atoms with Crippen molar-refractivity contribution in [2.45, 2.75) is 70.5 Å². The van der Waals surface area contributed by atoms with Gasteiger partial charge in [-0.1, -0.05) is 12.1 Å². The van der Waals surface area contributed by atoms with Crippen molar-refractivity contribution in [3.63, 3.8) is 0 Å². The SMILES string of the molecule is CCOC(=O)N1CCC(NC(=O)Cc2ccc(N3CCC(N4CCCC4C)C3)cc2)CC1. The predicted molar refractivity (Wildman–Crippen MR) is 126 cm³/mol. The highest BCUT2D eigenvalue weighted by atomic mass is 16.6. The Labute approximate surface area is 192 Å². The first-order valence-corrected chi connectivity index (χ1v) is 12.3. The van der Waals surface area contributed by atoms with Gasteiger partial charge >= 0.3 is 6.09 Å². The van der Waals surface area contributed by atoms with Crippen LogP contribution in [-0.4, -0.2) is 79.3 Å². The Balaban J connectivity index is 1.21. The Morgan fingerprint density at radius 2 is 1.78 bits per heavy atom. The van der Waals surface area contributed by atoms with Gasteiger partial charge in [0.2, 0.25) is 5.91 Å². The fraction of sp³-hybridized carbons (Fsp3) is 0.680. The molecule has 3 heterocycles. The highest BCUT2D eigenvalue weighted by molar-refractivity contribution is 5.79. The lowest BCUT2D eigenvalue weighted by atomic mass is 10.0. The Morgan fingerprint density at radius 1 is 1.03 bits per heavy atom. The Hall–Kier alpha value is -2.28. The molecule has 7 nitrogen and oxygen atoms in total. The minimum absolute atomic E-state index is 0.0524. The third kappa shape index (κ3) is 5.55. The number of carbonyl (C=O) groups is 2. The van der Waals surface area contributed by atoms with Crippen LogP contribution in [0.1, 0.15) is 51.5 Å². The van der Waals surface area contributed by atoms with Gasteiger partial charge in [-0.3, -0.25) is 9.69 Å². The van der Waals surface area contributed by atoms with Crippen molar-refractivity contribution >= 4 is 17.7 Å². The van der Waals surface area contributed by atoms with E-state index in [1.165, 1.54) is 31.5 Å². The van der Waals surface area contributed by atoms with Crippen LogP contribution in [0.25, 0.3) is 0 Å². The lowest BCUT2D eigenvalue weighted by molar-refractivity contribution is -0.121. The Bertz CT molecular complexity index is 776. The highest BCUT2D eigenvalue weighted by Gasteiger charge is 2.33. The van der Waals surface area contributed by atoms with Gasteiger partial charge in [0, 0.05) is 50.0 Å². The average Bonchev–Trinajstić information content (AvgIpc) is 3.44. The van der Waals surface area contributed by atoms with Crippen LogP contribution in [0.15, 0.2) is 24.3 Å². The molecule has 176 valence electrons. The van der Waals surface area contributed by atoms with Crippen LogP contribution in [0.2, 0.25) is 0 Å². The van der Waals surface area contributed by atoms with Crippen LogP contribution in [0.4, 0.5) is 10.5 Å². The number of likely N-dealkylation sites (tertiary alicyclic amines) is 2. The first-order valence-electron chi connectivity index (χ1n) is 12.3. The number of rotatable bonds is 6. The van der Waals surface area contributed by atoms with E-state index in [2.05, 4.69) is 46.3 Å². The zero-order valence-corrected chi connectivity index (χ0v) is 19.6. The molecule has 1 aromatic carbocycles. The zero-order chi connectivity index (χ0) is 22.5. The minimum Gasteiger partial charge on any atom is -0.450 e. The number of hydrogen-bond donors (Lipinski definition) is 1. The maximum atomic E-state index is 12.5. The van der Waals surface area contributed by atoms with Crippen molar-refractivity contribution < 1.29 is 14.3 Å². The molecule has 32 heavy (non-hydrogen) atoms. The van der Waals surface area contributed by atoms with E-state index < -0.39 is 0 Å². The summed E-state index contributed by atoms with van der Waals surface area (Å²) in [5.74, 6) is 0.0524. The molecule has 0 saturated carbocycles. The molecule has 2 unspecified atom stereocenters. The normalized spacial score (nSPS) is 24.7. The van der Waals surface area contributed by atoms with E-state index in [9.17, 15) is 9.59 Å². The van der Waals surface area contributed by atoms with Crippen molar-refractivity contribution in [1.29, 1.82) is 0 Å². The summed E-state index contributed by atoms with van der Waals surface area (Å²) >= 11 is 0. The highest BCUT2D eigenvalue weighted by Crippen LogP contribution is 2.28. The van der Waals surface area contributed by atoms with E-state index in [1.807, 2.05) is 6.92 Å². The molecule has 0 aliphatic carbocycles. The van der Waals surface area contributed by atoms with Crippen LogP contribution in [0.5, 0.6) is 0 Å². The fourth-order valence-corrected chi connectivity index (χ4v) is 5.45. The van der Waals surface area contributed by atoms with Crippen molar-refractivity contribution in [2.24, 2.45) is 0 Å². The third-order valence-electron chi connectivity index (χ3n) is 7.29. The molecule has 3 aliphatic rings. The quantitative estimate of drug-likeness (QED) is 0.734. The topological polar surface area (TPSA) is 65.1 Å². The van der Waals surface area contributed by atoms with Gasteiger partial charge in [0.15, 0.2) is 0 Å². The molecule has 3 fully saturated rings. The van der Waals surface area contributed by atoms with Crippen LogP contribution in [-0.2, 0) is 16.0 Å². The summed E-state index contributed by atoms with van der Waals surface area (Å²) in [5, 5.41) is 3.14. The minimum atomic E-state index is -0.253. The first-order chi connectivity index (χ1) is 15.5. The molecule has 1 aromatic rings. The standard InChI is InChI=1S/C25H38N4O3/c1-3-32-25(31)27-14-10-21(11-15-27)26-24(30)17-20-6-8-22(9-7-20)28-16-12-23(18-28)29-13-4-5-19(29)2/h6-9,19,21,23H,3-5,10-18H2,1-2H3,(H,26,30). The monoisotopic (exact) mass is 442 g/mol. The second-order valence-electron chi connectivity index (χ2n) is 9.49. The number of ether oxygens (including phenoxy) is 1. The number of carbonyl (C=O) groups excluding carboxylic acids is 2. The second kappa shape index (κ2) is 10.6. The van der Waals surface area contributed by atoms with Gasteiger partial charge in [0.05, 0.1) is 13.0 Å². The van der Waals surface area contributed by atoms with Crippen LogP contribution < -0.4 is 10.2 Å².